The number of hydrogen-bond acceptors (Lipinski definition) is 4. The number of hydrazone groups is 1. The third kappa shape index (κ3) is 3.44. The SMILES string of the molecule is O=C(Nc1ccc2c(c1)CCO2)C1=NN(Cc2ccccc2)C(=O)CC1. The quantitative estimate of drug-likeness (QED) is 0.923. The van der Waals surface area contributed by atoms with Gasteiger partial charge in [-0.2, -0.15) is 5.10 Å². The van der Waals surface area contributed by atoms with Gasteiger partial charge in [-0.15, -0.1) is 0 Å². The second-order valence-electron chi connectivity index (χ2n) is 6.36. The Kier molecular flexibility index (Phi) is 4.39. The minimum absolute atomic E-state index is 0.0694. The lowest BCUT2D eigenvalue weighted by Crippen LogP contribution is -2.36. The number of amides is 2. The molecule has 0 bridgehead atoms. The predicted octanol–water partition coefficient (Wildman–Crippen LogP) is 2.74. The van der Waals surface area contributed by atoms with Gasteiger partial charge in [0.15, 0.2) is 0 Å². The van der Waals surface area contributed by atoms with Crippen molar-refractivity contribution in [3.63, 3.8) is 0 Å². The van der Waals surface area contributed by atoms with Gasteiger partial charge in [-0.3, -0.25) is 9.59 Å². The average Bonchev–Trinajstić information content (AvgIpc) is 3.12. The van der Waals surface area contributed by atoms with Crippen LogP contribution in [0.3, 0.4) is 0 Å². The Bertz CT molecular complexity index is 877. The first-order chi connectivity index (χ1) is 12.7. The summed E-state index contributed by atoms with van der Waals surface area (Å²) in [4.78, 5) is 24.7. The van der Waals surface area contributed by atoms with E-state index in [1.54, 1.807) is 0 Å². The molecule has 1 N–H and O–H groups in total. The van der Waals surface area contributed by atoms with Crippen molar-refractivity contribution in [2.75, 3.05) is 11.9 Å². The normalized spacial score (nSPS) is 15.9. The first kappa shape index (κ1) is 16.3. The third-order valence-electron chi connectivity index (χ3n) is 4.49. The Morgan fingerprint density at radius 2 is 1.96 bits per heavy atom. The molecule has 0 aromatic heterocycles. The topological polar surface area (TPSA) is 71.0 Å². The zero-order valence-corrected chi connectivity index (χ0v) is 14.3. The van der Waals surface area contributed by atoms with Crippen molar-refractivity contribution in [3.8, 4) is 5.75 Å². The summed E-state index contributed by atoms with van der Waals surface area (Å²) in [7, 11) is 0. The Hall–Kier alpha value is -3.15. The van der Waals surface area contributed by atoms with E-state index in [0.717, 1.165) is 23.3 Å². The zero-order valence-electron chi connectivity index (χ0n) is 14.3. The summed E-state index contributed by atoms with van der Waals surface area (Å²) in [6.07, 6.45) is 1.49. The molecular formula is C20H19N3O3. The molecule has 6 heteroatoms. The molecule has 0 saturated heterocycles. The summed E-state index contributed by atoms with van der Waals surface area (Å²) >= 11 is 0. The van der Waals surface area contributed by atoms with Crippen molar-refractivity contribution in [1.82, 2.24) is 5.01 Å². The minimum Gasteiger partial charge on any atom is -0.493 e. The number of hydrogen-bond donors (Lipinski definition) is 1. The highest BCUT2D eigenvalue weighted by atomic mass is 16.5. The number of fused-ring (bicyclic) bond motifs is 1. The fraction of sp³-hybridized carbons (Fsp3) is 0.250. The van der Waals surface area contributed by atoms with Gasteiger partial charge >= 0.3 is 0 Å². The maximum absolute atomic E-state index is 12.6. The summed E-state index contributed by atoms with van der Waals surface area (Å²) in [5.74, 6) is 0.534. The number of nitrogens with zero attached hydrogens (tertiary/aromatic N) is 2. The van der Waals surface area contributed by atoms with Crippen molar-refractivity contribution in [2.24, 2.45) is 5.10 Å². The fourth-order valence-corrected chi connectivity index (χ4v) is 3.11. The van der Waals surface area contributed by atoms with Gasteiger partial charge in [0.05, 0.1) is 13.2 Å². The highest BCUT2D eigenvalue weighted by Gasteiger charge is 2.25. The van der Waals surface area contributed by atoms with Crippen LogP contribution in [0.15, 0.2) is 53.6 Å². The van der Waals surface area contributed by atoms with E-state index in [0.29, 0.717) is 31.0 Å². The number of carbonyl (C=O) groups is 2. The maximum atomic E-state index is 12.6. The van der Waals surface area contributed by atoms with Crippen LogP contribution in [0.2, 0.25) is 0 Å². The van der Waals surface area contributed by atoms with Crippen LogP contribution < -0.4 is 10.1 Å². The van der Waals surface area contributed by atoms with Crippen LogP contribution in [0.4, 0.5) is 5.69 Å². The van der Waals surface area contributed by atoms with Gasteiger partial charge < -0.3 is 10.1 Å². The van der Waals surface area contributed by atoms with Gasteiger partial charge in [-0.1, -0.05) is 30.3 Å². The summed E-state index contributed by atoms with van der Waals surface area (Å²) < 4.78 is 5.48. The van der Waals surface area contributed by atoms with Crippen molar-refractivity contribution in [2.45, 2.75) is 25.8 Å². The van der Waals surface area contributed by atoms with Gasteiger partial charge in [0, 0.05) is 24.9 Å². The number of benzene rings is 2. The van der Waals surface area contributed by atoms with Gasteiger partial charge in [0.25, 0.3) is 5.91 Å². The molecule has 2 aliphatic rings. The lowest BCUT2D eigenvalue weighted by molar-refractivity contribution is -0.132. The molecule has 0 radical (unpaired) electrons. The first-order valence-electron chi connectivity index (χ1n) is 8.68. The largest absolute Gasteiger partial charge is 0.493 e. The maximum Gasteiger partial charge on any atom is 0.271 e. The molecule has 2 aromatic carbocycles. The summed E-state index contributed by atoms with van der Waals surface area (Å²) in [5, 5.41) is 8.55. The lowest BCUT2D eigenvalue weighted by atomic mass is 10.1. The monoisotopic (exact) mass is 349 g/mol. The molecular weight excluding hydrogens is 330 g/mol. The molecule has 2 aliphatic heterocycles. The van der Waals surface area contributed by atoms with Gasteiger partial charge in [0.1, 0.15) is 11.5 Å². The molecule has 132 valence electrons. The molecule has 26 heavy (non-hydrogen) atoms. The number of ether oxygens (including phenoxy) is 1. The van der Waals surface area contributed by atoms with E-state index in [2.05, 4.69) is 10.4 Å². The van der Waals surface area contributed by atoms with Crippen LogP contribution in [0.25, 0.3) is 0 Å². The highest BCUT2D eigenvalue weighted by Crippen LogP contribution is 2.28. The first-order valence-corrected chi connectivity index (χ1v) is 8.68. The van der Waals surface area contributed by atoms with Crippen LogP contribution in [0, 0.1) is 0 Å². The van der Waals surface area contributed by atoms with Crippen molar-refractivity contribution < 1.29 is 14.3 Å². The number of nitrogens with one attached hydrogen (secondary N) is 1. The Balaban J connectivity index is 1.48. The van der Waals surface area contributed by atoms with Gasteiger partial charge in [-0.25, -0.2) is 5.01 Å². The number of anilines is 1. The number of carbonyl (C=O) groups excluding carboxylic acids is 2. The van der Waals surface area contributed by atoms with Crippen molar-refractivity contribution in [3.05, 3.63) is 59.7 Å². The minimum atomic E-state index is -0.269. The third-order valence-corrected chi connectivity index (χ3v) is 4.49. The lowest BCUT2D eigenvalue weighted by Gasteiger charge is -2.23. The fourth-order valence-electron chi connectivity index (χ4n) is 3.11. The predicted molar refractivity (Wildman–Crippen MR) is 97.9 cm³/mol. The average molecular weight is 349 g/mol. The number of rotatable bonds is 4. The van der Waals surface area contributed by atoms with Crippen molar-refractivity contribution in [1.29, 1.82) is 0 Å². The second-order valence-corrected chi connectivity index (χ2v) is 6.36. The van der Waals surface area contributed by atoms with Crippen LogP contribution >= 0.6 is 0 Å². The molecule has 2 aromatic rings. The van der Waals surface area contributed by atoms with Crippen LogP contribution in [0.5, 0.6) is 5.75 Å². The molecule has 0 aliphatic carbocycles. The molecule has 0 fully saturated rings. The molecule has 2 heterocycles. The Morgan fingerprint density at radius 1 is 1.12 bits per heavy atom. The molecule has 0 atom stereocenters. The Morgan fingerprint density at radius 3 is 2.81 bits per heavy atom. The molecule has 0 spiro atoms. The van der Waals surface area contributed by atoms with Crippen molar-refractivity contribution >= 4 is 23.2 Å². The van der Waals surface area contributed by atoms with E-state index >= 15 is 0 Å². The van der Waals surface area contributed by atoms with E-state index in [1.165, 1.54) is 5.01 Å². The van der Waals surface area contributed by atoms with E-state index < -0.39 is 0 Å². The van der Waals surface area contributed by atoms with Gasteiger partial charge in [-0.05, 0) is 29.3 Å². The highest BCUT2D eigenvalue weighted by molar-refractivity contribution is 6.43. The molecule has 2 amide bonds. The molecule has 6 nitrogen and oxygen atoms in total. The second kappa shape index (κ2) is 7.00. The smallest absolute Gasteiger partial charge is 0.271 e. The van der Waals surface area contributed by atoms with Crippen LogP contribution in [-0.4, -0.2) is 29.1 Å². The van der Waals surface area contributed by atoms with E-state index in [-0.39, 0.29) is 18.2 Å². The zero-order chi connectivity index (χ0) is 17.9. The summed E-state index contributed by atoms with van der Waals surface area (Å²) in [6, 6.07) is 15.2. The van der Waals surface area contributed by atoms with E-state index in [9.17, 15) is 9.59 Å². The molecule has 0 unspecified atom stereocenters. The van der Waals surface area contributed by atoms with E-state index in [4.69, 9.17) is 4.74 Å². The van der Waals surface area contributed by atoms with Gasteiger partial charge in [0.2, 0.25) is 5.91 Å². The molecule has 4 rings (SSSR count). The summed E-state index contributed by atoms with van der Waals surface area (Å²) in [5.41, 5.74) is 3.16. The van der Waals surface area contributed by atoms with Crippen LogP contribution in [-0.2, 0) is 22.6 Å². The Labute approximate surface area is 151 Å². The summed E-state index contributed by atoms with van der Waals surface area (Å²) in [6.45, 7) is 1.04. The van der Waals surface area contributed by atoms with Crippen LogP contribution in [0.1, 0.15) is 24.0 Å². The van der Waals surface area contributed by atoms with E-state index in [1.807, 2.05) is 48.5 Å². The standard InChI is InChI=1S/C20H19N3O3/c24-19-9-7-17(22-23(19)13-14-4-2-1-3-5-14)20(25)21-16-6-8-18-15(12-16)10-11-26-18/h1-6,8,12H,7,9-11,13H2,(H,21,25). The molecule has 0 saturated carbocycles.